The zero-order valence-electron chi connectivity index (χ0n) is 11.7. The van der Waals surface area contributed by atoms with E-state index in [0.717, 1.165) is 17.5 Å². The van der Waals surface area contributed by atoms with Gasteiger partial charge in [0.25, 0.3) is 0 Å². The molecule has 1 unspecified atom stereocenters. The standard InChI is InChI=1S/C19H16N2/c20-19(13-7-9-21-10-8-13)16-6-5-15-11-14-3-1-2-4-17(14)18(15)12-16/h1-10,12,19H,11,20H2. The van der Waals surface area contributed by atoms with Crippen molar-refractivity contribution in [2.75, 3.05) is 0 Å². The lowest BCUT2D eigenvalue weighted by Crippen LogP contribution is -2.11. The second-order valence-corrected chi connectivity index (χ2v) is 5.51. The normalized spacial score (nSPS) is 13.6. The highest BCUT2D eigenvalue weighted by molar-refractivity contribution is 5.77. The summed E-state index contributed by atoms with van der Waals surface area (Å²) < 4.78 is 0. The van der Waals surface area contributed by atoms with Crippen LogP contribution in [-0.4, -0.2) is 4.98 Å². The molecule has 1 heterocycles. The molecule has 0 fully saturated rings. The SMILES string of the molecule is NC(c1ccncc1)c1ccc2c(c1)-c1ccccc1C2. The highest BCUT2D eigenvalue weighted by Crippen LogP contribution is 2.38. The van der Waals surface area contributed by atoms with Gasteiger partial charge in [0.2, 0.25) is 0 Å². The molecule has 1 aliphatic carbocycles. The lowest BCUT2D eigenvalue weighted by molar-refractivity contribution is 0.867. The Kier molecular flexibility index (Phi) is 2.83. The zero-order valence-corrected chi connectivity index (χ0v) is 11.7. The second kappa shape index (κ2) is 4.83. The van der Waals surface area contributed by atoms with Crippen molar-refractivity contribution in [2.24, 2.45) is 5.73 Å². The average molecular weight is 272 g/mol. The van der Waals surface area contributed by atoms with Crippen molar-refractivity contribution in [3.63, 3.8) is 0 Å². The Bertz CT molecular complexity index is 794. The molecule has 2 aromatic carbocycles. The van der Waals surface area contributed by atoms with Gasteiger partial charge in [-0.2, -0.15) is 0 Å². The van der Waals surface area contributed by atoms with Gasteiger partial charge in [0.05, 0.1) is 6.04 Å². The summed E-state index contributed by atoms with van der Waals surface area (Å²) in [4.78, 5) is 4.05. The Morgan fingerprint density at radius 2 is 1.57 bits per heavy atom. The molecule has 1 atom stereocenters. The first-order valence-corrected chi connectivity index (χ1v) is 7.19. The third-order valence-electron chi connectivity index (χ3n) is 4.25. The number of rotatable bonds is 2. The molecule has 0 saturated heterocycles. The van der Waals surface area contributed by atoms with Crippen LogP contribution in [-0.2, 0) is 6.42 Å². The molecule has 0 aliphatic heterocycles. The van der Waals surface area contributed by atoms with E-state index in [-0.39, 0.29) is 6.04 Å². The quantitative estimate of drug-likeness (QED) is 0.604. The van der Waals surface area contributed by atoms with Gasteiger partial charge in [-0.3, -0.25) is 4.98 Å². The highest BCUT2D eigenvalue weighted by Gasteiger charge is 2.19. The molecule has 0 radical (unpaired) electrons. The minimum atomic E-state index is -0.105. The minimum absolute atomic E-state index is 0.105. The molecule has 2 nitrogen and oxygen atoms in total. The summed E-state index contributed by atoms with van der Waals surface area (Å²) in [6.07, 6.45) is 4.60. The first kappa shape index (κ1) is 12.3. The largest absolute Gasteiger partial charge is 0.320 e. The molecule has 1 aliphatic rings. The van der Waals surface area contributed by atoms with Crippen LogP contribution in [0.5, 0.6) is 0 Å². The Labute approximate surface area is 124 Å². The van der Waals surface area contributed by atoms with Gasteiger partial charge < -0.3 is 5.73 Å². The number of aromatic nitrogens is 1. The first-order valence-electron chi connectivity index (χ1n) is 7.19. The van der Waals surface area contributed by atoms with E-state index < -0.39 is 0 Å². The van der Waals surface area contributed by atoms with Crippen LogP contribution in [0, 0.1) is 0 Å². The van der Waals surface area contributed by atoms with Gasteiger partial charge in [0.1, 0.15) is 0 Å². The number of hydrogen-bond donors (Lipinski definition) is 1. The summed E-state index contributed by atoms with van der Waals surface area (Å²) in [5.41, 5.74) is 14.1. The molecule has 1 aromatic heterocycles. The molecule has 2 N–H and O–H groups in total. The number of hydrogen-bond acceptors (Lipinski definition) is 2. The fourth-order valence-corrected chi connectivity index (χ4v) is 3.10. The van der Waals surface area contributed by atoms with Crippen LogP contribution in [0.4, 0.5) is 0 Å². The topological polar surface area (TPSA) is 38.9 Å². The molecule has 3 aromatic rings. The summed E-state index contributed by atoms with van der Waals surface area (Å²) in [6.45, 7) is 0. The Morgan fingerprint density at radius 3 is 2.43 bits per heavy atom. The highest BCUT2D eigenvalue weighted by atomic mass is 14.7. The van der Waals surface area contributed by atoms with E-state index in [2.05, 4.69) is 47.4 Å². The summed E-state index contributed by atoms with van der Waals surface area (Å²) in [5.74, 6) is 0. The van der Waals surface area contributed by atoms with Gasteiger partial charge in [-0.25, -0.2) is 0 Å². The van der Waals surface area contributed by atoms with E-state index in [1.807, 2.05) is 12.1 Å². The monoisotopic (exact) mass is 272 g/mol. The zero-order chi connectivity index (χ0) is 14.2. The van der Waals surface area contributed by atoms with Crippen molar-refractivity contribution in [2.45, 2.75) is 12.5 Å². The summed E-state index contributed by atoms with van der Waals surface area (Å²) in [5, 5.41) is 0. The molecular formula is C19H16N2. The number of pyridine rings is 1. The summed E-state index contributed by atoms with van der Waals surface area (Å²) in [6, 6.07) is 19.1. The van der Waals surface area contributed by atoms with Crippen molar-refractivity contribution < 1.29 is 0 Å². The molecule has 0 bridgehead atoms. The van der Waals surface area contributed by atoms with Crippen LogP contribution in [0.3, 0.4) is 0 Å². The van der Waals surface area contributed by atoms with Gasteiger partial charge in [0, 0.05) is 12.4 Å². The maximum absolute atomic E-state index is 6.40. The molecule has 4 rings (SSSR count). The molecule has 102 valence electrons. The van der Waals surface area contributed by atoms with Crippen molar-refractivity contribution in [3.05, 3.63) is 89.2 Å². The van der Waals surface area contributed by atoms with Gasteiger partial charge in [0.15, 0.2) is 0 Å². The molecule has 21 heavy (non-hydrogen) atoms. The van der Waals surface area contributed by atoms with Gasteiger partial charge >= 0.3 is 0 Å². The van der Waals surface area contributed by atoms with Crippen LogP contribution in [0.1, 0.15) is 28.3 Å². The van der Waals surface area contributed by atoms with E-state index in [9.17, 15) is 0 Å². The predicted octanol–water partition coefficient (Wildman–Crippen LogP) is 3.70. The van der Waals surface area contributed by atoms with Crippen LogP contribution < -0.4 is 5.73 Å². The lowest BCUT2D eigenvalue weighted by Gasteiger charge is -2.14. The van der Waals surface area contributed by atoms with E-state index in [1.165, 1.54) is 22.3 Å². The summed E-state index contributed by atoms with van der Waals surface area (Å²) >= 11 is 0. The van der Waals surface area contributed by atoms with E-state index in [0.29, 0.717) is 0 Å². The number of benzene rings is 2. The molecule has 2 heteroatoms. The van der Waals surface area contributed by atoms with Crippen LogP contribution in [0.2, 0.25) is 0 Å². The van der Waals surface area contributed by atoms with Gasteiger partial charge in [-0.1, -0.05) is 36.4 Å². The fourth-order valence-electron chi connectivity index (χ4n) is 3.10. The maximum atomic E-state index is 6.40. The van der Waals surface area contributed by atoms with Crippen LogP contribution >= 0.6 is 0 Å². The number of fused-ring (bicyclic) bond motifs is 3. The number of nitrogens with two attached hydrogens (primary N) is 1. The van der Waals surface area contributed by atoms with Gasteiger partial charge in [-0.15, -0.1) is 0 Å². The Morgan fingerprint density at radius 1 is 0.810 bits per heavy atom. The van der Waals surface area contributed by atoms with E-state index in [1.54, 1.807) is 12.4 Å². The average Bonchev–Trinajstić information content (AvgIpc) is 2.93. The molecular weight excluding hydrogens is 256 g/mol. The second-order valence-electron chi connectivity index (χ2n) is 5.51. The van der Waals surface area contributed by atoms with Gasteiger partial charge in [-0.05, 0) is 58.0 Å². The molecule has 0 amide bonds. The third-order valence-corrected chi connectivity index (χ3v) is 4.25. The van der Waals surface area contributed by atoms with Crippen molar-refractivity contribution >= 4 is 0 Å². The van der Waals surface area contributed by atoms with Crippen molar-refractivity contribution in [1.82, 2.24) is 4.98 Å². The van der Waals surface area contributed by atoms with Crippen molar-refractivity contribution in [1.29, 1.82) is 0 Å². The van der Waals surface area contributed by atoms with Crippen LogP contribution in [0.25, 0.3) is 11.1 Å². The number of nitrogens with zero attached hydrogens (tertiary/aromatic N) is 1. The van der Waals surface area contributed by atoms with E-state index in [4.69, 9.17) is 5.73 Å². The third kappa shape index (κ3) is 2.05. The first-order chi connectivity index (χ1) is 10.3. The van der Waals surface area contributed by atoms with Crippen LogP contribution in [0.15, 0.2) is 67.0 Å². The Hall–Kier alpha value is -2.45. The maximum Gasteiger partial charge on any atom is 0.0552 e. The van der Waals surface area contributed by atoms with E-state index >= 15 is 0 Å². The minimum Gasteiger partial charge on any atom is -0.320 e. The molecule has 0 saturated carbocycles. The smallest absolute Gasteiger partial charge is 0.0552 e. The molecule has 0 spiro atoms. The Balaban J connectivity index is 1.78. The predicted molar refractivity (Wildman–Crippen MR) is 85.0 cm³/mol. The fraction of sp³-hybridized carbons (Fsp3) is 0.105. The van der Waals surface area contributed by atoms with Crippen molar-refractivity contribution in [3.8, 4) is 11.1 Å². The lowest BCUT2D eigenvalue weighted by atomic mass is 9.96. The summed E-state index contributed by atoms with van der Waals surface area (Å²) in [7, 11) is 0.